The van der Waals surface area contributed by atoms with Crippen molar-refractivity contribution in [2.24, 2.45) is 5.73 Å². The van der Waals surface area contributed by atoms with E-state index in [1.54, 1.807) is 0 Å². The van der Waals surface area contributed by atoms with E-state index >= 15 is 0 Å². The minimum absolute atomic E-state index is 0.809. The van der Waals surface area contributed by atoms with Crippen molar-refractivity contribution < 1.29 is 0 Å². The number of unbranched alkanes of at least 4 members (excludes halogenated alkanes) is 8. The number of hydrogen-bond acceptors (Lipinski definition) is 2. The molecule has 0 aliphatic carbocycles. The fourth-order valence-electron chi connectivity index (χ4n) is 2.40. The summed E-state index contributed by atoms with van der Waals surface area (Å²) in [5.74, 6) is 0. The Morgan fingerprint density at radius 2 is 1.06 bits per heavy atom. The van der Waals surface area contributed by atoms with Crippen LogP contribution in [0.2, 0.25) is 0 Å². The molecule has 2 N–H and O–H groups in total. The van der Waals surface area contributed by atoms with Gasteiger partial charge in [0.15, 0.2) is 0 Å². The normalized spacial score (nSPS) is 11.3. The predicted octanol–water partition coefficient (Wildman–Crippen LogP) is 4.19. The number of rotatable bonds is 14. The Balaban J connectivity index is 3.44. The minimum atomic E-state index is 0.809. The molecular formula is C16H36N2. The molecule has 18 heavy (non-hydrogen) atoms. The molecule has 0 saturated carbocycles. The Morgan fingerprint density at radius 1 is 0.611 bits per heavy atom. The maximum atomic E-state index is 5.69. The molecule has 0 heterocycles. The quantitative estimate of drug-likeness (QED) is 0.472. The van der Waals surface area contributed by atoms with Gasteiger partial charge >= 0.3 is 0 Å². The highest BCUT2D eigenvalue weighted by molar-refractivity contribution is 4.59. The molecule has 0 unspecified atom stereocenters. The van der Waals surface area contributed by atoms with Crippen molar-refractivity contribution in [3.63, 3.8) is 0 Å². The summed E-state index contributed by atoms with van der Waals surface area (Å²) in [6, 6.07) is 0. The zero-order valence-electron chi connectivity index (χ0n) is 12.9. The van der Waals surface area contributed by atoms with E-state index in [1.807, 2.05) is 0 Å². The number of hydrogen-bond donors (Lipinski definition) is 1. The van der Waals surface area contributed by atoms with Crippen molar-refractivity contribution in [2.45, 2.75) is 78.1 Å². The smallest absolute Gasteiger partial charge is 0.0105 e. The Bertz CT molecular complexity index is 148. The lowest BCUT2D eigenvalue weighted by Crippen LogP contribution is -2.31. The van der Waals surface area contributed by atoms with Crippen LogP contribution < -0.4 is 5.73 Å². The summed E-state index contributed by atoms with van der Waals surface area (Å²) in [6.07, 6.45) is 13.8. The second-order valence-electron chi connectivity index (χ2n) is 5.46. The first-order chi connectivity index (χ1) is 8.85. The van der Waals surface area contributed by atoms with Crippen LogP contribution in [0.25, 0.3) is 0 Å². The molecule has 0 radical (unpaired) electrons. The summed E-state index contributed by atoms with van der Waals surface area (Å²) in [6.45, 7) is 8.96. The van der Waals surface area contributed by atoms with Crippen molar-refractivity contribution in [2.75, 3.05) is 26.2 Å². The van der Waals surface area contributed by atoms with Gasteiger partial charge in [-0.2, -0.15) is 0 Å². The van der Waals surface area contributed by atoms with Crippen LogP contribution in [0.5, 0.6) is 0 Å². The molecule has 0 fully saturated rings. The standard InChI is InChI=1S/C16H36N2/c1-3-5-7-9-10-12-15-18(16-13-17)14-11-8-6-4-2/h3-17H2,1-2H3. The van der Waals surface area contributed by atoms with Gasteiger partial charge in [-0.05, 0) is 25.9 Å². The molecule has 0 rings (SSSR count). The largest absolute Gasteiger partial charge is 0.329 e. The third-order valence-corrected chi connectivity index (χ3v) is 3.60. The van der Waals surface area contributed by atoms with Crippen molar-refractivity contribution in [3.05, 3.63) is 0 Å². The summed E-state index contributed by atoms with van der Waals surface area (Å²) >= 11 is 0. The van der Waals surface area contributed by atoms with Gasteiger partial charge in [0, 0.05) is 13.1 Å². The predicted molar refractivity (Wildman–Crippen MR) is 83.0 cm³/mol. The zero-order chi connectivity index (χ0) is 13.5. The molecule has 0 aliphatic rings. The van der Waals surface area contributed by atoms with Gasteiger partial charge in [0.25, 0.3) is 0 Å². The zero-order valence-corrected chi connectivity index (χ0v) is 12.9. The van der Waals surface area contributed by atoms with E-state index in [4.69, 9.17) is 5.73 Å². The van der Waals surface area contributed by atoms with Gasteiger partial charge < -0.3 is 10.6 Å². The van der Waals surface area contributed by atoms with Crippen LogP contribution in [-0.2, 0) is 0 Å². The summed E-state index contributed by atoms with van der Waals surface area (Å²) in [4.78, 5) is 2.56. The van der Waals surface area contributed by atoms with Gasteiger partial charge in [-0.25, -0.2) is 0 Å². The maximum Gasteiger partial charge on any atom is 0.0105 e. The Labute approximate surface area is 115 Å². The van der Waals surface area contributed by atoms with E-state index in [1.165, 1.54) is 77.3 Å². The van der Waals surface area contributed by atoms with Crippen LogP contribution in [0.15, 0.2) is 0 Å². The van der Waals surface area contributed by atoms with E-state index < -0.39 is 0 Å². The molecule has 110 valence electrons. The van der Waals surface area contributed by atoms with Crippen molar-refractivity contribution in [1.82, 2.24) is 4.90 Å². The van der Waals surface area contributed by atoms with Crippen LogP contribution in [0.3, 0.4) is 0 Å². The molecule has 0 bridgehead atoms. The van der Waals surface area contributed by atoms with Crippen LogP contribution in [-0.4, -0.2) is 31.1 Å². The summed E-state index contributed by atoms with van der Waals surface area (Å²) in [5, 5.41) is 0. The molecule has 0 aromatic rings. The first-order valence-electron chi connectivity index (χ1n) is 8.27. The topological polar surface area (TPSA) is 29.3 Å². The van der Waals surface area contributed by atoms with Gasteiger partial charge in [0.1, 0.15) is 0 Å². The van der Waals surface area contributed by atoms with Crippen LogP contribution >= 0.6 is 0 Å². The van der Waals surface area contributed by atoms with Crippen molar-refractivity contribution >= 4 is 0 Å². The van der Waals surface area contributed by atoms with Gasteiger partial charge in [0.05, 0.1) is 0 Å². The molecular weight excluding hydrogens is 220 g/mol. The van der Waals surface area contributed by atoms with Crippen LogP contribution in [0, 0.1) is 0 Å². The van der Waals surface area contributed by atoms with E-state index in [0.29, 0.717) is 0 Å². The van der Waals surface area contributed by atoms with Crippen molar-refractivity contribution in [3.8, 4) is 0 Å². The molecule has 0 aromatic carbocycles. The van der Waals surface area contributed by atoms with Gasteiger partial charge in [-0.3, -0.25) is 0 Å². The third kappa shape index (κ3) is 12.4. The molecule has 0 saturated heterocycles. The Morgan fingerprint density at radius 3 is 1.56 bits per heavy atom. The molecule has 0 spiro atoms. The molecule has 0 aliphatic heterocycles. The fraction of sp³-hybridized carbons (Fsp3) is 1.00. The monoisotopic (exact) mass is 256 g/mol. The van der Waals surface area contributed by atoms with Gasteiger partial charge in [-0.15, -0.1) is 0 Å². The van der Waals surface area contributed by atoms with E-state index in [9.17, 15) is 0 Å². The van der Waals surface area contributed by atoms with Crippen LogP contribution in [0.4, 0.5) is 0 Å². The summed E-state index contributed by atoms with van der Waals surface area (Å²) in [5.41, 5.74) is 5.69. The van der Waals surface area contributed by atoms with Gasteiger partial charge in [0.2, 0.25) is 0 Å². The SMILES string of the molecule is CCCCCCCCN(CCN)CCCCCC. The van der Waals surface area contributed by atoms with Crippen molar-refractivity contribution in [1.29, 1.82) is 0 Å². The average Bonchev–Trinajstić information content (AvgIpc) is 2.38. The van der Waals surface area contributed by atoms with Crippen LogP contribution in [0.1, 0.15) is 78.1 Å². The third-order valence-electron chi connectivity index (χ3n) is 3.60. The lowest BCUT2D eigenvalue weighted by atomic mass is 10.1. The second kappa shape index (κ2) is 15.0. The molecule has 0 amide bonds. The molecule has 2 nitrogen and oxygen atoms in total. The second-order valence-corrected chi connectivity index (χ2v) is 5.46. The lowest BCUT2D eigenvalue weighted by molar-refractivity contribution is 0.267. The minimum Gasteiger partial charge on any atom is -0.329 e. The number of nitrogens with two attached hydrogens (primary N) is 1. The highest BCUT2D eigenvalue weighted by atomic mass is 15.1. The first kappa shape index (κ1) is 17.9. The Hall–Kier alpha value is -0.0800. The van der Waals surface area contributed by atoms with E-state index in [-0.39, 0.29) is 0 Å². The maximum absolute atomic E-state index is 5.69. The summed E-state index contributed by atoms with van der Waals surface area (Å²) in [7, 11) is 0. The van der Waals surface area contributed by atoms with E-state index in [0.717, 1.165) is 13.1 Å². The average molecular weight is 256 g/mol. The first-order valence-corrected chi connectivity index (χ1v) is 8.27. The lowest BCUT2D eigenvalue weighted by Gasteiger charge is -2.21. The highest BCUT2D eigenvalue weighted by Gasteiger charge is 2.03. The highest BCUT2D eigenvalue weighted by Crippen LogP contribution is 2.07. The number of nitrogens with zero attached hydrogens (tertiary/aromatic N) is 1. The molecule has 2 heteroatoms. The van der Waals surface area contributed by atoms with E-state index in [2.05, 4.69) is 18.7 Å². The molecule has 0 aromatic heterocycles. The summed E-state index contributed by atoms with van der Waals surface area (Å²) < 4.78 is 0. The molecule has 0 atom stereocenters. The van der Waals surface area contributed by atoms with Gasteiger partial charge in [-0.1, -0.05) is 65.2 Å². The fourth-order valence-corrected chi connectivity index (χ4v) is 2.40. The Kier molecular flexibility index (Phi) is 14.9.